The van der Waals surface area contributed by atoms with Crippen LogP contribution in [0.5, 0.6) is 0 Å². The number of halogens is 2. The van der Waals surface area contributed by atoms with Gasteiger partial charge in [-0.2, -0.15) is 5.10 Å². The van der Waals surface area contributed by atoms with Crippen LogP contribution in [0.1, 0.15) is 11.3 Å². The molecule has 1 amide bonds. The Kier molecular flexibility index (Phi) is 5.94. The highest BCUT2D eigenvalue weighted by Crippen LogP contribution is 2.26. The summed E-state index contributed by atoms with van der Waals surface area (Å²) in [5.74, 6) is 0.453. The number of thiazole rings is 1. The second-order valence-electron chi connectivity index (χ2n) is 6.34. The summed E-state index contributed by atoms with van der Waals surface area (Å²) in [6.45, 7) is 0.470. The predicted molar refractivity (Wildman–Crippen MR) is 118 cm³/mol. The van der Waals surface area contributed by atoms with Gasteiger partial charge in [0.1, 0.15) is 10.8 Å². The smallest absolute Gasteiger partial charge is 0.231 e. The molecule has 0 radical (unpaired) electrons. The maximum Gasteiger partial charge on any atom is 0.231 e. The van der Waals surface area contributed by atoms with Crippen molar-refractivity contribution in [3.63, 3.8) is 0 Å². The Morgan fingerprint density at radius 3 is 2.79 bits per heavy atom. The van der Waals surface area contributed by atoms with Crippen LogP contribution >= 0.6 is 34.5 Å². The van der Waals surface area contributed by atoms with E-state index in [0.29, 0.717) is 28.1 Å². The molecule has 1 N–H and O–H groups in total. The Labute approximate surface area is 181 Å². The third-order valence-corrected chi connectivity index (χ3v) is 5.77. The molecule has 4 aromatic rings. The van der Waals surface area contributed by atoms with Crippen LogP contribution in [0.3, 0.4) is 0 Å². The summed E-state index contributed by atoms with van der Waals surface area (Å²) >= 11 is 13.8. The fourth-order valence-corrected chi connectivity index (χ4v) is 4.05. The average Bonchev–Trinajstić information content (AvgIpc) is 3.33. The van der Waals surface area contributed by atoms with Crippen molar-refractivity contribution >= 4 is 46.3 Å². The fraction of sp³-hybridized carbons (Fsp3) is 0.0952. The fourth-order valence-electron chi connectivity index (χ4n) is 2.85. The molecule has 0 fully saturated rings. The molecule has 0 aliphatic rings. The van der Waals surface area contributed by atoms with E-state index in [2.05, 4.69) is 15.4 Å². The SMILES string of the molecule is O=C(Cc1csc(-c2cccc(Cl)c2)n1)Nc1ccnn1Cc1ccccc1Cl. The highest BCUT2D eigenvalue weighted by atomic mass is 35.5. The Bertz CT molecular complexity index is 1150. The Morgan fingerprint density at radius 2 is 1.97 bits per heavy atom. The van der Waals surface area contributed by atoms with E-state index in [9.17, 15) is 4.79 Å². The highest BCUT2D eigenvalue weighted by Gasteiger charge is 2.12. The standard InChI is InChI=1S/C21H16Cl2N4OS/c22-16-6-3-5-14(10-16)21-25-17(13-29-21)11-20(28)26-19-8-9-24-27(19)12-15-4-1-2-7-18(15)23/h1-10,13H,11-12H2,(H,26,28). The molecule has 2 heterocycles. The van der Waals surface area contributed by atoms with E-state index in [-0.39, 0.29) is 12.3 Å². The Hall–Kier alpha value is -2.67. The summed E-state index contributed by atoms with van der Waals surface area (Å²) in [5, 5.41) is 11.2. The number of benzene rings is 2. The number of carbonyl (C=O) groups excluding carboxylic acids is 1. The lowest BCUT2D eigenvalue weighted by Crippen LogP contribution is -2.18. The van der Waals surface area contributed by atoms with Crippen LogP contribution in [0, 0.1) is 0 Å². The van der Waals surface area contributed by atoms with Crippen molar-refractivity contribution < 1.29 is 4.79 Å². The minimum absolute atomic E-state index is 0.158. The first kappa shape index (κ1) is 19.6. The van der Waals surface area contributed by atoms with Gasteiger partial charge in [0, 0.05) is 27.1 Å². The molecular formula is C21H16Cl2N4OS. The van der Waals surface area contributed by atoms with Gasteiger partial charge in [-0.25, -0.2) is 9.67 Å². The van der Waals surface area contributed by atoms with Crippen LogP contribution in [0.2, 0.25) is 10.0 Å². The van der Waals surface area contributed by atoms with Crippen LogP contribution in [-0.2, 0) is 17.8 Å². The third-order valence-electron chi connectivity index (χ3n) is 4.23. The van der Waals surface area contributed by atoms with Gasteiger partial charge in [-0.1, -0.05) is 53.5 Å². The van der Waals surface area contributed by atoms with Gasteiger partial charge in [0.05, 0.1) is 24.9 Å². The van der Waals surface area contributed by atoms with Crippen LogP contribution in [0.15, 0.2) is 66.2 Å². The molecule has 4 rings (SSSR count). The lowest BCUT2D eigenvalue weighted by molar-refractivity contribution is -0.115. The topological polar surface area (TPSA) is 59.8 Å². The molecule has 2 aromatic heterocycles. The van der Waals surface area contributed by atoms with Crippen molar-refractivity contribution in [2.45, 2.75) is 13.0 Å². The number of nitrogens with zero attached hydrogens (tertiary/aromatic N) is 3. The van der Waals surface area contributed by atoms with Gasteiger partial charge in [-0.05, 0) is 23.8 Å². The van der Waals surface area contributed by atoms with Crippen molar-refractivity contribution in [2.75, 3.05) is 5.32 Å². The number of hydrogen-bond donors (Lipinski definition) is 1. The number of rotatable bonds is 6. The second-order valence-corrected chi connectivity index (χ2v) is 8.05. The third kappa shape index (κ3) is 4.85. The summed E-state index contributed by atoms with van der Waals surface area (Å²) in [6, 6.07) is 16.8. The summed E-state index contributed by atoms with van der Waals surface area (Å²) in [6.07, 6.45) is 1.82. The van der Waals surface area contributed by atoms with E-state index in [1.54, 1.807) is 16.9 Å². The highest BCUT2D eigenvalue weighted by molar-refractivity contribution is 7.13. The molecule has 146 valence electrons. The zero-order valence-corrected chi connectivity index (χ0v) is 17.5. The molecular weight excluding hydrogens is 427 g/mol. The minimum Gasteiger partial charge on any atom is -0.311 e. The van der Waals surface area contributed by atoms with E-state index >= 15 is 0 Å². The van der Waals surface area contributed by atoms with E-state index in [4.69, 9.17) is 23.2 Å². The summed E-state index contributed by atoms with van der Waals surface area (Å²) < 4.78 is 1.71. The Morgan fingerprint density at radius 1 is 1.10 bits per heavy atom. The van der Waals surface area contributed by atoms with Gasteiger partial charge in [0.25, 0.3) is 0 Å². The van der Waals surface area contributed by atoms with E-state index < -0.39 is 0 Å². The molecule has 0 aliphatic carbocycles. The van der Waals surface area contributed by atoms with Crippen LogP contribution < -0.4 is 5.32 Å². The lowest BCUT2D eigenvalue weighted by atomic mass is 10.2. The largest absolute Gasteiger partial charge is 0.311 e. The number of amides is 1. The van der Waals surface area contributed by atoms with Crippen molar-refractivity contribution in [1.29, 1.82) is 0 Å². The molecule has 0 spiro atoms. The van der Waals surface area contributed by atoms with Crippen LogP contribution in [0.4, 0.5) is 5.82 Å². The maximum atomic E-state index is 12.5. The summed E-state index contributed by atoms with van der Waals surface area (Å²) in [4.78, 5) is 17.1. The molecule has 0 saturated carbocycles. The monoisotopic (exact) mass is 442 g/mol. The summed E-state index contributed by atoms with van der Waals surface area (Å²) in [7, 11) is 0. The van der Waals surface area contributed by atoms with Gasteiger partial charge in [0.2, 0.25) is 5.91 Å². The molecule has 0 unspecified atom stereocenters. The van der Waals surface area contributed by atoms with Gasteiger partial charge < -0.3 is 5.32 Å². The minimum atomic E-state index is -0.158. The lowest BCUT2D eigenvalue weighted by Gasteiger charge is -2.09. The number of carbonyl (C=O) groups is 1. The number of aromatic nitrogens is 3. The number of anilines is 1. The first-order valence-corrected chi connectivity index (χ1v) is 10.5. The molecule has 2 aromatic carbocycles. The van der Waals surface area contributed by atoms with Crippen molar-refractivity contribution in [3.05, 3.63) is 87.5 Å². The van der Waals surface area contributed by atoms with E-state index in [0.717, 1.165) is 16.1 Å². The van der Waals surface area contributed by atoms with Gasteiger partial charge in [-0.15, -0.1) is 11.3 Å². The van der Waals surface area contributed by atoms with Crippen molar-refractivity contribution in [1.82, 2.24) is 14.8 Å². The molecule has 29 heavy (non-hydrogen) atoms. The van der Waals surface area contributed by atoms with Gasteiger partial charge >= 0.3 is 0 Å². The number of nitrogens with one attached hydrogen (secondary N) is 1. The molecule has 0 atom stereocenters. The average molecular weight is 443 g/mol. The van der Waals surface area contributed by atoms with Gasteiger partial charge in [0.15, 0.2) is 0 Å². The van der Waals surface area contributed by atoms with Gasteiger partial charge in [-0.3, -0.25) is 4.79 Å². The van der Waals surface area contributed by atoms with Crippen molar-refractivity contribution in [2.24, 2.45) is 0 Å². The normalized spacial score (nSPS) is 10.8. The van der Waals surface area contributed by atoms with Crippen LogP contribution in [-0.4, -0.2) is 20.7 Å². The zero-order chi connectivity index (χ0) is 20.2. The van der Waals surface area contributed by atoms with Crippen molar-refractivity contribution in [3.8, 4) is 10.6 Å². The second kappa shape index (κ2) is 8.78. The molecule has 5 nitrogen and oxygen atoms in total. The zero-order valence-electron chi connectivity index (χ0n) is 15.2. The van der Waals surface area contributed by atoms with Crippen LogP contribution in [0.25, 0.3) is 10.6 Å². The molecule has 8 heteroatoms. The molecule has 0 aliphatic heterocycles. The predicted octanol–water partition coefficient (Wildman–Crippen LogP) is 5.54. The summed E-state index contributed by atoms with van der Waals surface area (Å²) in [5.41, 5.74) is 2.57. The number of hydrogen-bond acceptors (Lipinski definition) is 4. The Balaban J connectivity index is 1.42. The van der Waals surface area contributed by atoms with E-state index in [1.807, 2.05) is 53.9 Å². The molecule has 0 saturated heterocycles. The first-order valence-electron chi connectivity index (χ1n) is 8.84. The maximum absolute atomic E-state index is 12.5. The van der Waals surface area contributed by atoms with E-state index in [1.165, 1.54) is 11.3 Å². The first-order chi connectivity index (χ1) is 14.1. The molecule has 0 bridgehead atoms. The quantitative estimate of drug-likeness (QED) is 0.426.